The number of nitrogens with two attached hydrogens (primary N) is 1. The minimum atomic E-state index is -1.17. The van der Waals surface area contributed by atoms with E-state index in [-0.39, 0.29) is 57.8 Å². The van der Waals surface area contributed by atoms with Crippen LogP contribution in [0.2, 0.25) is 0 Å². The van der Waals surface area contributed by atoms with Gasteiger partial charge in [-0.2, -0.15) is 0 Å². The van der Waals surface area contributed by atoms with Crippen LogP contribution in [0.15, 0.2) is 35.9 Å². The zero-order valence-electron chi connectivity index (χ0n) is 11.9. The first kappa shape index (κ1) is 19.5. The Hall–Kier alpha value is -0.504. The summed E-state index contributed by atoms with van der Waals surface area (Å²) in [4.78, 5) is 21.9. The summed E-state index contributed by atoms with van der Waals surface area (Å²) in [6.45, 7) is 1.69. The molecule has 0 aromatic heterocycles. The fraction of sp³-hybridized carbons (Fsp3) is 0.286. The van der Waals surface area contributed by atoms with Crippen molar-refractivity contribution in [3.8, 4) is 0 Å². The fourth-order valence-electron chi connectivity index (χ4n) is 1.73. The molecular formula is C14H16KNO4. The molecule has 0 heterocycles. The van der Waals surface area contributed by atoms with Crippen molar-refractivity contribution in [2.75, 3.05) is 7.11 Å². The second-order valence-corrected chi connectivity index (χ2v) is 4.14. The maximum absolute atomic E-state index is 11.2. The molecule has 0 radical (unpaired) electrons. The minimum Gasteiger partial charge on any atom is -0.550 e. The Morgan fingerprint density at radius 1 is 1.40 bits per heavy atom. The van der Waals surface area contributed by atoms with E-state index in [1.54, 1.807) is 31.2 Å². The number of carboxylic acids is 1. The van der Waals surface area contributed by atoms with Crippen molar-refractivity contribution >= 4 is 11.9 Å². The predicted molar refractivity (Wildman–Crippen MR) is 67.9 cm³/mol. The number of carbonyl (C=O) groups is 2. The van der Waals surface area contributed by atoms with E-state index in [1.807, 2.05) is 0 Å². The van der Waals surface area contributed by atoms with Gasteiger partial charge in [0.25, 0.3) is 0 Å². The van der Waals surface area contributed by atoms with Crippen molar-refractivity contribution in [1.82, 2.24) is 0 Å². The molecule has 1 aromatic rings. The van der Waals surface area contributed by atoms with Crippen molar-refractivity contribution in [1.29, 1.82) is 0 Å². The van der Waals surface area contributed by atoms with E-state index in [4.69, 9.17) is 5.73 Å². The van der Waals surface area contributed by atoms with E-state index in [1.165, 1.54) is 13.2 Å². The van der Waals surface area contributed by atoms with E-state index < -0.39 is 18.0 Å². The molecule has 0 aliphatic carbocycles. The first-order valence-corrected chi connectivity index (χ1v) is 5.75. The van der Waals surface area contributed by atoms with Crippen molar-refractivity contribution in [2.24, 2.45) is 5.73 Å². The van der Waals surface area contributed by atoms with E-state index in [9.17, 15) is 14.7 Å². The fourth-order valence-corrected chi connectivity index (χ4v) is 1.73. The van der Waals surface area contributed by atoms with Gasteiger partial charge in [0, 0.05) is 18.5 Å². The van der Waals surface area contributed by atoms with Gasteiger partial charge in [-0.3, -0.25) is 0 Å². The summed E-state index contributed by atoms with van der Waals surface area (Å²) in [6.07, 6.45) is 1.08. The summed E-state index contributed by atoms with van der Waals surface area (Å²) in [5.74, 6) is -1.67. The molecule has 0 bridgehead atoms. The van der Waals surface area contributed by atoms with Crippen molar-refractivity contribution in [3.05, 3.63) is 47.0 Å². The number of rotatable bonds is 5. The molecule has 2 N–H and O–H groups in total. The van der Waals surface area contributed by atoms with Crippen LogP contribution in [0.1, 0.15) is 24.1 Å². The Bertz CT molecular complexity index is 514. The zero-order chi connectivity index (χ0) is 14.4. The maximum atomic E-state index is 11.2. The van der Waals surface area contributed by atoms with Gasteiger partial charge >= 0.3 is 57.4 Å². The second-order valence-electron chi connectivity index (χ2n) is 4.14. The number of aliphatic carboxylic acids is 1. The van der Waals surface area contributed by atoms with Crippen LogP contribution in [0.25, 0.3) is 0 Å². The average molecular weight is 301 g/mol. The van der Waals surface area contributed by atoms with Crippen LogP contribution in [-0.4, -0.2) is 19.0 Å². The average Bonchev–Trinajstić information content (AvgIpc) is 2.37. The van der Waals surface area contributed by atoms with Gasteiger partial charge in [0.1, 0.15) is 0 Å². The number of esters is 1. The molecule has 1 atom stereocenters. The van der Waals surface area contributed by atoms with Crippen LogP contribution in [0.5, 0.6) is 0 Å². The van der Waals surface area contributed by atoms with Gasteiger partial charge in [0.05, 0.1) is 13.2 Å². The zero-order valence-corrected chi connectivity index (χ0v) is 15.0. The van der Waals surface area contributed by atoms with Gasteiger partial charge in [0.2, 0.25) is 0 Å². The smallest absolute Gasteiger partial charge is 0.550 e. The monoisotopic (exact) mass is 301 g/mol. The second kappa shape index (κ2) is 9.44. The molecule has 0 saturated carbocycles. The molecule has 0 spiro atoms. The molecule has 0 amide bonds. The Labute approximate surface area is 160 Å². The van der Waals surface area contributed by atoms with Crippen LogP contribution in [0, 0.1) is 0 Å². The van der Waals surface area contributed by atoms with Crippen LogP contribution in [0.4, 0.5) is 0 Å². The third-order valence-corrected chi connectivity index (χ3v) is 2.76. The molecule has 0 saturated heterocycles. The molecule has 0 aliphatic heterocycles. The summed E-state index contributed by atoms with van der Waals surface area (Å²) in [5.41, 5.74) is 7.86. The first-order chi connectivity index (χ1) is 8.95. The number of hydrogen-bond donors (Lipinski definition) is 1. The first-order valence-electron chi connectivity index (χ1n) is 5.75. The number of carbonyl (C=O) groups excluding carboxylic acids is 2. The Morgan fingerprint density at radius 3 is 2.55 bits per heavy atom. The van der Waals surface area contributed by atoms with Crippen LogP contribution in [0.3, 0.4) is 0 Å². The molecule has 1 rings (SSSR count). The molecule has 6 heteroatoms. The normalized spacial score (nSPS) is 12.2. The molecule has 5 nitrogen and oxygen atoms in total. The molecule has 0 fully saturated rings. The number of ether oxygens (including phenoxy) is 1. The van der Waals surface area contributed by atoms with Crippen LogP contribution < -0.4 is 62.2 Å². The summed E-state index contributed by atoms with van der Waals surface area (Å²) in [5, 5.41) is 10.7. The number of hydrogen-bond acceptors (Lipinski definition) is 5. The maximum Gasteiger partial charge on any atom is 1.00 e. The van der Waals surface area contributed by atoms with Gasteiger partial charge in [0.15, 0.2) is 0 Å². The molecule has 0 aliphatic rings. The SMILES string of the molecule is COC(=O)/C=C(\C)C(N)c1ccccc1CC(=O)[O-].[K+]. The topological polar surface area (TPSA) is 92.5 Å². The van der Waals surface area contributed by atoms with Gasteiger partial charge in [-0.05, 0) is 23.6 Å². The summed E-state index contributed by atoms with van der Waals surface area (Å²) < 4.78 is 4.53. The Kier molecular flexibility index (Phi) is 9.20. The van der Waals surface area contributed by atoms with Crippen LogP contribution in [-0.2, 0) is 20.7 Å². The van der Waals surface area contributed by atoms with E-state index in [0.29, 0.717) is 16.7 Å². The summed E-state index contributed by atoms with van der Waals surface area (Å²) in [6, 6.07) is 6.34. The van der Waals surface area contributed by atoms with Crippen molar-refractivity contribution in [3.63, 3.8) is 0 Å². The van der Waals surface area contributed by atoms with Gasteiger partial charge in [-0.15, -0.1) is 0 Å². The van der Waals surface area contributed by atoms with Gasteiger partial charge in [-0.1, -0.05) is 24.3 Å². The summed E-state index contributed by atoms with van der Waals surface area (Å²) in [7, 11) is 1.28. The largest absolute Gasteiger partial charge is 1.00 e. The van der Waals surface area contributed by atoms with Crippen molar-refractivity contribution in [2.45, 2.75) is 19.4 Å². The third kappa shape index (κ3) is 5.86. The quantitative estimate of drug-likeness (QED) is 0.358. The molecule has 1 aromatic carbocycles. The van der Waals surface area contributed by atoms with E-state index in [2.05, 4.69) is 4.74 Å². The van der Waals surface area contributed by atoms with Crippen molar-refractivity contribution < 1.29 is 70.8 Å². The number of methoxy groups -OCH3 is 1. The van der Waals surface area contributed by atoms with Crippen LogP contribution >= 0.6 is 0 Å². The molecular weight excluding hydrogens is 285 g/mol. The van der Waals surface area contributed by atoms with E-state index in [0.717, 1.165) is 0 Å². The predicted octanol–water partition coefficient (Wildman–Crippen LogP) is -2.90. The minimum absolute atomic E-state index is 0. The number of carboxylic acid groups (broad SMARTS) is 1. The van der Waals surface area contributed by atoms with Gasteiger partial charge < -0.3 is 20.4 Å². The molecule has 1 unspecified atom stereocenters. The molecule has 20 heavy (non-hydrogen) atoms. The standard InChI is InChI=1S/C14H17NO4.K/c1-9(7-13(18)19-2)14(15)11-6-4-3-5-10(11)8-12(16)17;/h3-7,14H,8,15H2,1-2H3,(H,16,17);/q;+1/p-1/b9-7+;. The molecule has 102 valence electrons. The third-order valence-electron chi connectivity index (χ3n) is 2.76. The van der Waals surface area contributed by atoms with Gasteiger partial charge in [-0.25, -0.2) is 4.79 Å². The Balaban J connectivity index is 0.00000361. The number of benzene rings is 1. The summed E-state index contributed by atoms with van der Waals surface area (Å²) >= 11 is 0. The van der Waals surface area contributed by atoms with E-state index >= 15 is 0 Å². The Morgan fingerprint density at radius 2 is 2.00 bits per heavy atom.